The van der Waals surface area contributed by atoms with Crippen LogP contribution >= 0.6 is 27.5 Å². The number of aryl methyl sites for hydroxylation is 1. The lowest BCUT2D eigenvalue weighted by Gasteiger charge is -2.11. The number of nitrogens with zero attached hydrogens (tertiary/aromatic N) is 2. The molecule has 0 saturated heterocycles. The molecular formula is C13H12BrClN2O2. The Morgan fingerprint density at radius 1 is 1.26 bits per heavy atom. The van der Waals surface area contributed by atoms with E-state index in [-0.39, 0.29) is 0 Å². The Hall–Kier alpha value is -1.33. The van der Waals surface area contributed by atoms with E-state index in [9.17, 15) is 0 Å². The van der Waals surface area contributed by atoms with Crippen molar-refractivity contribution in [1.82, 2.24) is 9.97 Å². The number of rotatable bonds is 4. The van der Waals surface area contributed by atoms with Crippen LogP contribution in [-0.4, -0.2) is 17.1 Å². The second-order valence-electron chi connectivity index (χ2n) is 3.72. The summed E-state index contributed by atoms with van der Waals surface area (Å²) in [7, 11) is 1.60. The third kappa shape index (κ3) is 3.16. The van der Waals surface area contributed by atoms with Gasteiger partial charge in [-0.05, 0) is 40.0 Å². The van der Waals surface area contributed by atoms with Gasteiger partial charge in [-0.1, -0.05) is 24.6 Å². The zero-order chi connectivity index (χ0) is 13.8. The van der Waals surface area contributed by atoms with Crippen molar-refractivity contribution in [3.8, 4) is 17.4 Å². The summed E-state index contributed by atoms with van der Waals surface area (Å²) in [5.74, 6) is 1.58. The van der Waals surface area contributed by atoms with Crippen molar-refractivity contribution in [2.24, 2.45) is 0 Å². The van der Waals surface area contributed by atoms with E-state index in [1.807, 2.05) is 18.2 Å². The van der Waals surface area contributed by atoms with E-state index >= 15 is 0 Å². The van der Waals surface area contributed by atoms with Crippen LogP contribution in [0, 0.1) is 0 Å². The highest BCUT2D eigenvalue weighted by atomic mass is 79.9. The maximum Gasteiger partial charge on any atom is 0.238 e. The van der Waals surface area contributed by atoms with Crippen LogP contribution in [0.25, 0.3) is 0 Å². The first kappa shape index (κ1) is 14.1. The fourth-order valence-corrected chi connectivity index (χ4v) is 1.94. The summed E-state index contributed by atoms with van der Waals surface area (Å²) in [6, 6.07) is 5.76. The molecule has 2 rings (SSSR count). The van der Waals surface area contributed by atoms with Gasteiger partial charge in [-0.25, -0.2) is 9.97 Å². The molecule has 0 bridgehead atoms. The Morgan fingerprint density at radius 2 is 2.05 bits per heavy atom. The van der Waals surface area contributed by atoms with Crippen molar-refractivity contribution in [1.29, 1.82) is 0 Å². The average Bonchev–Trinajstić information content (AvgIpc) is 2.44. The molecule has 4 nitrogen and oxygen atoms in total. The topological polar surface area (TPSA) is 44.2 Å². The van der Waals surface area contributed by atoms with Crippen LogP contribution in [0.4, 0.5) is 0 Å². The number of halogens is 2. The van der Waals surface area contributed by atoms with E-state index in [4.69, 9.17) is 21.1 Å². The van der Waals surface area contributed by atoms with E-state index in [1.165, 1.54) is 11.9 Å². The van der Waals surface area contributed by atoms with Crippen molar-refractivity contribution in [3.63, 3.8) is 0 Å². The van der Waals surface area contributed by atoms with Gasteiger partial charge in [0, 0.05) is 0 Å². The quantitative estimate of drug-likeness (QED) is 0.778. The third-order valence-electron chi connectivity index (χ3n) is 2.56. The molecule has 0 saturated carbocycles. The van der Waals surface area contributed by atoms with Crippen molar-refractivity contribution in [2.75, 3.05) is 7.11 Å². The molecule has 19 heavy (non-hydrogen) atoms. The fraction of sp³-hybridized carbons (Fsp3) is 0.231. The molecular weight excluding hydrogens is 332 g/mol. The molecule has 0 unspecified atom stereocenters. The van der Waals surface area contributed by atoms with E-state index in [2.05, 4.69) is 32.8 Å². The molecule has 0 fully saturated rings. The number of methoxy groups -OCH3 is 1. The van der Waals surface area contributed by atoms with Crippen molar-refractivity contribution >= 4 is 27.5 Å². The molecule has 2 aromatic rings. The molecule has 0 amide bonds. The van der Waals surface area contributed by atoms with Gasteiger partial charge in [0.25, 0.3) is 0 Å². The van der Waals surface area contributed by atoms with Crippen LogP contribution in [0.1, 0.15) is 12.5 Å². The standard InChI is InChI=1S/C13H12BrClN2O2/c1-3-8-4-5-9(10(6-8)18-2)19-13-11(14)12(15)16-7-17-13/h4-7H,3H2,1-2H3. The van der Waals surface area contributed by atoms with Crippen LogP contribution in [0.15, 0.2) is 29.0 Å². The summed E-state index contributed by atoms with van der Waals surface area (Å²) in [5, 5.41) is 0.300. The maximum absolute atomic E-state index is 5.89. The zero-order valence-electron chi connectivity index (χ0n) is 10.5. The lowest BCUT2D eigenvalue weighted by atomic mass is 10.1. The molecule has 100 valence electrons. The van der Waals surface area contributed by atoms with Gasteiger partial charge < -0.3 is 9.47 Å². The van der Waals surface area contributed by atoms with Crippen LogP contribution in [-0.2, 0) is 6.42 Å². The van der Waals surface area contributed by atoms with Crippen molar-refractivity contribution in [3.05, 3.63) is 39.7 Å². The van der Waals surface area contributed by atoms with E-state index < -0.39 is 0 Å². The molecule has 0 aliphatic rings. The molecule has 6 heteroatoms. The number of ether oxygens (including phenoxy) is 2. The van der Waals surface area contributed by atoms with Crippen LogP contribution in [0.5, 0.6) is 17.4 Å². The number of hydrogen-bond donors (Lipinski definition) is 0. The minimum absolute atomic E-state index is 0.300. The minimum Gasteiger partial charge on any atom is -0.493 e. The van der Waals surface area contributed by atoms with Gasteiger partial charge in [0.1, 0.15) is 10.8 Å². The highest BCUT2D eigenvalue weighted by Crippen LogP contribution is 2.36. The largest absolute Gasteiger partial charge is 0.493 e. The zero-order valence-corrected chi connectivity index (χ0v) is 12.8. The predicted octanol–water partition coefficient (Wildman–Crippen LogP) is 4.26. The van der Waals surface area contributed by atoms with E-state index in [1.54, 1.807) is 7.11 Å². The van der Waals surface area contributed by atoms with Crippen LogP contribution in [0.3, 0.4) is 0 Å². The summed E-state index contributed by atoms with van der Waals surface area (Å²) in [6.45, 7) is 2.08. The van der Waals surface area contributed by atoms with Gasteiger partial charge in [0.15, 0.2) is 16.7 Å². The van der Waals surface area contributed by atoms with Gasteiger partial charge in [0.05, 0.1) is 7.11 Å². The van der Waals surface area contributed by atoms with Gasteiger partial charge in [-0.2, -0.15) is 0 Å². The molecule has 0 radical (unpaired) electrons. The van der Waals surface area contributed by atoms with Crippen LogP contribution in [0.2, 0.25) is 5.15 Å². The van der Waals surface area contributed by atoms with Crippen molar-refractivity contribution in [2.45, 2.75) is 13.3 Å². The minimum atomic E-state index is 0.300. The first-order chi connectivity index (χ1) is 9.15. The summed E-state index contributed by atoms with van der Waals surface area (Å²) in [6.07, 6.45) is 2.27. The molecule has 1 heterocycles. The average molecular weight is 344 g/mol. The molecule has 0 aliphatic carbocycles. The van der Waals surface area contributed by atoms with Gasteiger partial charge in [-0.3, -0.25) is 0 Å². The Morgan fingerprint density at radius 3 is 2.74 bits per heavy atom. The van der Waals surface area contributed by atoms with Gasteiger partial charge >= 0.3 is 0 Å². The first-order valence-electron chi connectivity index (χ1n) is 5.66. The Bertz CT molecular complexity index is 593. The van der Waals surface area contributed by atoms with E-state index in [0.29, 0.717) is 27.0 Å². The lowest BCUT2D eigenvalue weighted by molar-refractivity contribution is 0.372. The molecule has 0 spiro atoms. The predicted molar refractivity (Wildman–Crippen MR) is 77.2 cm³/mol. The summed E-state index contributed by atoms with van der Waals surface area (Å²) >= 11 is 9.18. The van der Waals surface area contributed by atoms with Crippen LogP contribution < -0.4 is 9.47 Å². The molecule has 1 aromatic heterocycles. The van der Waals surface area contributed by atoms with Gasteiger partial charge in [0.2, 0.25) is 5.88 Å². The Kier molecular flexibility index (Phi) is 4.61. The highest BCUT2D eigenvalue weighted by molar-refractivity contribution is 9.10. The second-order valence-corrected chi connectivity index (χ2v) is 4.88. The third-order valence-corrected chi connectivity index (χ3v) is 3.79. The first-order valence-corrected chi connectivity index (χ1v) is 6.83. The van der Waals surface area contributed by atoms with Gasteiger partial charge in [-0.15, -0.1) is 0 Å². The number of hydrogen-bond acceptors (Lipinski definition) is 4. The molecule has 0 N–H and O–H groups in total. The summed E-state index contributed by atoms with van der Waals surface area (Å²) in [5.41, 5.74) is 1.17. The molecule has 0 atom stereocenters. The fourth-order valence-electron chi connectivity index (χ4n) is 1.53. The smallest absolute Gasteiger partial charge is 0.238 e. The number of aromatic nitrogens is 2. The normalized spacial score (nSPS) is 10.3. The SMILES string of the molecule is CCc1ccc(Oc2ncnc(Cl)c2Br)c(OC)c1. The lowest BCUT2D eigenvalue weighted by Crippen LogP contribution is -1.95. The number of benzene rings is 1. The van der Waals surface area contributed by atoms with Crippen molar-refractivity contribution < 1.29 is 9.47 Å². The maximum atomic E-state index is 5.89. The highest BCUT2D eigenvalue weighted by Gasteiger charge is 2.12. The Balaban J connectivity index is 2.35. The molecule has 1 aromatic carbocycles. The Labute approximate surface area is 124 Å². The monoisotopic (exact) mass is 342 g/mol. The second kappa shape index (κ2) is 6.21. The summed E-state index contributed by atoms with van der Waals surface area (Å²) < 4.78 is 11.5. The molecule has 0 aliphatic heterocycles. The summed E-state index contributed by atoms with van der Waals surface area (Å²) in [4.78, 5) is 7.88. The van der Waals surface area contributed by atoms with E-state index in [0.717, 1.165) is 6.42 Å².